The van der Waals surface area contributed by atoms with Crippen LogP contribution in [0.25, 0.3) is 21.6 Å². The van der Waals surface area contributed by atoms with Gasteiger partial charge in [0, 0.05) is 7.05 Å². The molecule has 0 radical (unpaired) electrons. The highest BCUT2D eigenvalue weighted by molar-refractivity contribution is 7.10. The van der Waals surface area contributed by atoms with Crippen molar-refractivity contribution in [3.63, 3.8) is 0 Å². The van der Waals surface area contributed by atoms with Crippen LogP contribution in [-0.4, -0.2) is 11.4 Å². The normalized spacial score (nSPS) is 11.0. The summed E-state index contributed by atoms with van der Waals surface area (Å²) in [4.78, 5) is 1.20. The van der Waals surface area contributed by atoms with E-state index in [4.69, 9.17) is 0 Å². The second kappa shape index (κ2) is 6.55. The zero-order valence-electron chi connectivity index (χ0n) is 14.1. The van der Waals surface area contributed by atoms with E-state index in [1.807, 2.05) is 14.0 Å². The summed E-state index contributed by atoms with van der Waals surface area (Å²) in [6, 6.07) is 17.6. The molecule has 0 saturated carbocycles. The second-order valence-electron chi connectivity index (χ2n) is 6.08. The third kappa shape index (κ3) is 3.15. The molecule has 0 bridgehead atoms. The molecule has 3 heteroatoms. The monoisotopic (exact) mass is 322 g/mol. The summed E-state index contributed by atoms with van der Waals surface area (Å²) >= 11 is 1.55. The lowest BCUT2D eigenvalue weighted by Crippen LogP contribution is -1.90. The van der Waals surface area contributed by atoms with E-state index in [0.29, 0.717) is 5.92 Å². The van der Waals surface area contributed by atoms with Crippen molar-refractivity contribution in [1.29, 1.82) is 0 Å². The molecule has 0 unspecified atom stereocenters. The van der Waals surface area contributed by atoms with E-state index in [1.54, 1.807) is 11.5 Å². The molecule has 0 saturated heterocycles. The third-order valence-electron chi connectivity index (χ3n) is 4.17. The van der Waals surface area contributed by atoms with Crippen molar-refractivity contribution in [3.8, 4) is 21.6 Å². The molecule has 0 amide bonds. The maximum atomic E-state index is 4.45. The molecule has 0 aliphatic rings. The van der Waals surface area contributed by atoms with Gasteiger partial charge in [-0.1, -0.05) is 62.4 Å². The van der Waals surface area contributed by atoms with Crippen molar-refractivity contribution in [2.45, 2.75) is 26.7 Å². The maximum absolute atomic E-state index is 4.45. The van der Waals surface area contributed by atoms with Gasteiger partial charge in [-0.25, -0.2) is 0 Å². The van der Waals surface area contributed by atoms with Gasteiger partial charge in [-0.3, -0.25) is 0 Å². The van der Waals surface area contributed by atoms with Gasteiger partial charge >= 0.3 is 0 Å². The number of aryl methyl sites for hydroxylation is 1. The fourth-order valence-electron chi connectivity index (χ4n) is 2.74. The van der Waals surface area contributed by atoms with Gasteiger partial charge < -0.3 is 5.32 Å². The molecule has 2 aromatic carbocycles. The Hall–Kier alpha value is -2.13. The molecule has 1 N–H and O–H groups in total. The maximum Gasteiger partial charge on any atom is 0.0784 e. The first kappa shape index (κ1) is 15.8. The summed E-state index contributed by atoms with van der Waals surface area (Å²) in [6.45, 7) is 6.48. The average molecular weight is 322 g/mol. The van der Waals surface area contributed by atoms with Crippen LogP contribution in [0.2, 0.25) is 0 Å². The number of benzene rings is 2. The fourth-order valence-corrected chi connectivity index (χ4v) is 3.64. The van der Waals surface area contributed by atoms with Gasteiger partial charge in [-0.2, -0.15) is 4.37 Å². The highest BCUT2D eigenvalue weighted by Gasteiger charge is 2.11. The molecule has 2 nitrogen and oxygen atoms in total. The lowest BCUT2D eigenvalue weighted by molar-refractivity contribution is 0.867. The predicted molar refractivity (Wildman–Crippen MR) is 101 cm³/mol. The first-order chi connectivity index (χ1) is 11.1. The minimum absolute atomic E-state index is 0.570. The van der Waals surface area contributed by atoms with Crippen molar-refractivity contribution in [2.75, 3.05) is 12.4 Å². The van der Waals surface area contributed by atoms with Gasteiger partial charge in [-0.05, 0) is 46.6 Å². The van der Waals surface area contributed by atoms with Gasteiger partial charge in [0.25, 0.3) is 0 Å². The zero-order valence-corrected chi connectivity index (χ0v) is 14.9. The molecule has 0 fully saturated rings. The van der Waals surface area contributed by atoms with Crippen molar-refractivity contribution in [1.82, 2.24) is 4.37 Å². The Morgan fingerprint density at radius 1 is 0.870 bits per heavy atom. The molecule has 23 heavy (non-hydrogen) atoms. The van der Waals surface area contributed by atoms with E-state index < -0.39 is 0 Å². The first-order valence-electron chi connectivity index (χ1n) is 7.95. The van der Waals surface area contributed by atoms with Crippen LogP contribution in [0.5, 0.6) is 0 Å². The lowest BCUT2D eigenvalue weighted by atomic mass is 9.98. The SMILES string of the molecule is CNc1c(C)nsc1-c1ccc(-c2ccc(C(C)C)cc2)cc1. The van der Waals surface area contributed by atoms with Gasteiger partial charge in [0.1, 0.15) is 0 Å². The first-order valence-corrected chi connectivity index (χ1v) is 8.72. The predicted octanol–water partition coefficient (Wildman–Crippen LogP) is 5.95. The molecule has 0 aliphatic heterocycles. The van der Waals surface area contributed by atoms with Crippen molar-refractivity contribution in [3.05, 3.63) is 59.8 Å². The minimum Gasteiger partial charge on any atom is -0.385 e. The molecule has 118 valence electrons. The summed E-state index contributed by atoms with van der Waals surface area (Å²) in [5.74, 6) is 0.570. The number of nitrogens with zero attached hydrogens (tertiary/aromatic N) is 1. The van der Waals surface area contributed by atoms with Crippen LogP contribution in [0.4, 0.5) is 5.69 Å². The smallest absolute Gasteiger partial charge is 0.0784 e. The molecule has 1 aromatic heterocycles. The van der Waals surface area contributed by atoms with Gasteiger partial charge in [0.2, 0.25) is 0 Å². The Labute approximate surface area is 142 Å². The van der Waals surface area contributed by atoms with E-state index in [9.17, 15) is 0 Å². The topological polar surface area (TPSA) is 24.9 Å². The molecular weight excluding hydrogens is 300 g/mol. The van der Waals surface area contributed by atoms with Gasteiger partial charge in [-0.15, -0.1) is 0 Å². The van der Waals surface area contributed by atoms with E-state index in [2.05, 4.69) is 72.1 Å². The van der Waals surface area contributed by atoms with Crippen molar-refractivity contribution >= 4 is 17.2 Å². The molecule has 3 rings (SSSR count). The highest BCUT2D eigenvalue weighted by Crippen LogP contribution is 2.35. The summed E-state index contributed by atoms with van der Waals surface area (Å²) in [5.41, 5.74) is 7.28. The average Bonchev–Trinajstić information content (AvgIpc) is 2.96. The van der Waals surface area contributed by atoms with E-state index >= 15 is 0 Å². The molecule has 0 aliphatic carbocycles. The van der Waals surface area contributed by atoms with Gasteiger partial charge in [0.15, 0.2) is 0 Å². The Morgan fingerprint density at radius 2 is 1.39 bits per heavy atom. The Bertz CT molecular complexity index is 784. The molecule has 0 atom stereocenters. The van der Waals surface area contributed by atoms with Crippen LogP contribution >= 0.6 is 11.5 Å². The molecule has 0 spiro atoms. The standard InChI is InChI=1S/C20H22N2S/c1-13(2)15-5-7-16(8-6-15)17-9-11-18(12-10-17)20-19(21-4)14(3)22-23-20/h5-13,21H,1-4H3. The quantitative estimate of drug-likeness (QED) is 0.642. The van der Waals surface area contributed by atoms with Crippen LogP contribution in [0, 0.1) is 6.92 Å². The largest absolute Gasteiger partial charge is 0.385 e. The summed E-state index contributed by atoms with van der Waals surface area (Å²) in [6.07, 6.45) is 0. The number of hydrogen-bond acceptors (Lipinski definition) is 3. The Balaban J connectivity index is 1.90. The lowest BCUT2D eigenvalue weighted by Gasteiger charge is -2.08. The zero-order chi connectivity index (χ0) is 16.4. The van der Waals surface area contributed by atoms with Gasteiger partial charge in [0.05, 0.1) is 16.3 Å². The van der Waals surface area contributed by atoms with Crippen LogP contribution in [0.1, 0.15) is 31.0 Å². The van der Waals surface area contributed by atoms with Crippen LogP contribution in [0.15, 0.2) is 48.5 Å². The summed E-state index contributed by atoms with van der Waals surface area (Å²) in [7, 11) is 1.95. The number of hydrogen-bond donors (Lipinski definition) is 1. The van der Waals surface area contributed by atoms with E-state index in [0.717, 1.165) is 11.4 Å². The van der Waals surface area contributed by atoms with Crippen LogP contribution in [-0.2, 0) is 0 Å². The molecule has 3 aromatic rings. The van der Waals surface area contributed by atoms with Crippen LogP contribution < -0.4 is 5.32 Å². The minimum atomic E-state index is 0.570. The molecular formula is C20H22N2S. The summed E-state index contributed by atoms with van der Waals surface area (Å²) in [5, 5.41) is 3.25. The number of anilines is 1. The van der Waals surface area contributed by atoms with E-state index in [1.165, 1.54) is 27.1 Å². The Kier molecular flexibility index (Phi) is 4.49. The van der Waals surface area contributed by atoms with E-state index in [-0.39, 0.29) is 0 Å². The molecule has 1 heterocycles. The van der Waals surface area contributed by atoms with Crippen molar-refractivity contribution in [2.24, 2.45) is 0 Å². The second-order valence-corrected chi connectivity index (χ2v) is 6.85. The number of nitrogens with one attached hydrogen (secondary N) is 1. The highest BCUT2D eigenvalue weighted by atomic mass is 32.1. The van der Waals surface area contributed by atoms with Crippen molar-refractivity contribution < 1.29 is 0 Å². The Morgan fingerprint density at radius 3 is 1.91 bits per heavy atom. The number of rotatable bonds is 4. The number of aromatic nitrogens is 1. The van der Waals surface area contributed by atoms with Crippen LogP contribution in [0.3, 0.4) is 0 Å². The summed E-state index contributed by atoms with van der Waals surface area (Å²) < 4.78 is 4.45. The third-order valence-corrected chi connectivity index (χ3v) is 5.16. The fraction of sp³-hybridized carbons (Fsp3) is 0.250.